The fourth-order valence-corrected chi connectivity index (χ4v) is 4.91. The predicted octanol–water partition coefficient (Wildman–Crippen LogP) is 8.02. The molecular weight excluding hydrogens is 461 g/mol. The number of hydrogen-bond acceptors (Lipinski definition) is 6. The number of rotatable bonds is 28. The molecule has 210 valence electrons. The SMILES string of the molecule is CCCCCCCCCCCCCCCC(C)CCC(COP(O)OCCCCN(C)C)OC=O. The first-order chi connectivity index (χ1) is 17.0. The van der Waals surface area contributed by atoms with E-state index in [9.17, 15) is 9.69 Å². The molecule has 0 amide bonds. The largest absolute Gasteiger partial charge is 0.462 e. The van der Waals surface area contributed by atoms with Crippen molar-refractivity contribution in [1.82, 2.24) is 4.90 Å². The minimum Gasteiger partial charge on any atom is -0.462 e. The average Bonchev–Trinajstić information content (AvgIpc) is 2.83. The van der Waals surface area contributed by atoms with E-state index in [1.54, 1.807) is 0 Å². The first kappa shape index (κ1) is 34.7. The summed E-state index contributed by atoms with van der Waals surface area (Å²) >= 11 is 0. The Bertz CT molecular complexity index is 442. The fraction of sp³-hybridized carbons (Fsp3) is 0.964. The number of unbranched alkanes of at least 4 members (excludes halogenated alkanes) is 13. The van der Waals surface area contributed by atoms with Crippen molar-refractivity contribution in [3.05, 3.63) is 0 Å². The van der Waals surface area contributed by atoms with Gasteiger partial charge in [0.2, 0.25) is 0 Å². The molecule has 0 heterocycles. The van der Waals surface area contributed by atoms with Crippen molar-refractivity contribution in [2.24, 2.45) is 5.92 Å². The lowest BCUT2D eigenvalue weighted by atomic mass is 9.96. The standard InChI is InChI=1S/C28H58NO5P/c1-5-6-7-8-9-10-11-12-13-14-15-16-17-20-27(2)21-22-28(32-26-30)25-34-35(31)33-24-19-18-23-29(3)4/h26-28,31H,5-25H2,1-4H3. The van der Waals surface area contributed by atoms with Gasteiger partial charge in [-0.3, -0.25) is 4.79 Å². The third-order valence-corrected chi connectivity index (χ3v) is 7.38. The summed E-state index contributed by atoms with van der Waals surface area (Å²) in [4.78, 5) is 22.9. The summed E-state index contributed by atoms with van der Waals surface area (Å²) in [5.41, 5.74) is 0. The third kappa shape index (κ3) is 26.6. The summed E-state index contributed by atoms with van der Waals surface area (Å²) in [6, 6.07) is 0. The van der Waals surface area contributed by atoms with Gasteiger partial charge in [0.1, 0.15) is 6.10 Å². The van der Waals surface area contributed by atoms with E-state index in [0.29, 0.717) is 19.0 Å². The lowest BCUT2D eigenvalue weighted by Gasteiger charge is -2.19. The van der Waals surface area contributed by atoms with Gasteiger partial charge in [-0.15, -0.1) is 0 Å². The number of ether oxygens (including phenoxy) is 1. The first-order valence-electron chi connectivity index (χ1n) is 14.5. The van der Waals surface area contributed by atoms with Crippen LogP contribution in [0.2, 0.25) is 0 Å². The second-order valence-electron chi connectivity index (χ2n) is 10.4. The van der Waals surface area contributed by atoms with Crippen molar-refractivity contribution in [3.63, 3.8) is 0 Å². The van der Waals surface area contributed by atoms with Gasteiger partial charge >= 0.3 is 8.60 Å². The monoisotopic (exact) mass is 519 g/mol. The molecule has 0 fully saturated rings. The molecule has 1 N–H and O–H groups in total. The van der Waals surface area contributed by atoms with E-state index in [2.05, 4.69) is 18.7 Å². The van der Waals surface area contributed by atoms with Gasteiger partial charge in [0.15, 0.2) is 0 Å². The Morgan fingerprint density at radius 1 is 0.771 bits per heavy atom. The highest BCUT2D eigenvalue weighted by Crippen LogP contribution is 2.33. The number of carbonyl (C=O) groups is 1. The normalized spacial score (nSPS) is 14.2. The lowest BCUT2D eigenvalue weighted by Crippen LogP contribution is -2.19. The zero-order chi connectivity index (χ0) is 26.0. The lowest BCUT2D eigenvalue weighted by molar-refractivity contribution is -0.135. The number of nitrogens with zero attached hydrogens (tertiary/aromatic N) is 1. The topological polar surface area (TPSA) is 68.2 Å². The maximum absolute atomic E-state index is 10.8. The zero-order valence-corrected chi connectivity index (χ0v) is 24.5. The minimum atomic E-state index is -1.92. The molecule has 0 saturated carbocycles. The van der Waals surface area contributed by atoms with Gasteiger partial charge < -0.3 is 23.6 Å². The van der Waals surface area contributed by atoms with Crippen LogP contribution in [0, 0.1) is 5.92 Å². The molecule has 7 heteroatoms. The Hall–Kier alpha value is -0.260. The second-order valence-corrected chi connectivity index (χ2v) is 11.4. The van der Waals surface area contributed by atoms with E-state index in [4.69, 9.17) is 13.8 Å². The summed E-state index contributed by atoms with van der Waals surface area (Å²) in [7, 11) is 2.16. The molecule has 0 aliphatic rings. The van der Waals surface area contributed by atoms with Gasteiger partial charge in [-0.05, 0) is 52.2 Å². The summed E-state index contributed by atoms with van der Waals surface area (Å²) in [5.74, 6) is 0.601. The van der Waals surface area contributed by atoms with E-state index in [1.807, 2.05) is 14.1 Å². The minimum absolute atomic E-state index is 0.185. The zero-order valence-electron chi connectivity index (χ0n) is 23.6. The van der Waals surface area contributed by atoms with Crippen molar-refractivity contribution in [3.8, 4) is 0 Å². The predicted molar refractivity (Wildman–Crippen MR) is 148 cm³/mol. The fourth-order valence-electron chi connectivity index (χ4n) is 4.25. The molecule has 0 aromatic carbocycles. The Morgan fingerprint density at radius 2 is 1.34 bits per heavy atom. The van der Waals surface area contributed by atoms with E-state index < -0.39 is 8.60 Å². The molecular formula is C28H58NO5P. The maximum atomic E-state index is 10.8. The molecule has 0 aromatic rings. The summed E-state index contributed by atoms with van der Waals surface area (Å²) in [5, 5.41) is 0. The van der Waals surface area contributed by atoms with Gasteiger partial charge in [0.25, 0.3) is 6.47 Å². The van der Waals surface area contributed by atoms with E-state index >= 15 is 0 Å². The smallest absolute Gasteiger partial charge is 0.329 e. The van der Waals surface area contributed by atoms with Gasteiger partial charge in [0.05, 0.1) is 13.2 Å². The Morgan fingerprint density at radius 3 is 1.89 bits per heavy atom. The second kappa shape index (κ2) is 26.8. The van der Waals surface area contributed by atoms with E-state index in [-0.39, 0.29) is 12.7 Å². The highest BCUT2D eigenvalue weighted by atomic mass is 31.2. The summed E-state index contributed by atoms with van der Waals surface area (Å²) in [6.45, 7) is 6.69. The summed E-state index contributed by atoms with van der Waals surface area (Å²) in [6.07, 6.45) is 22.5. The highest BCUT2D eigenvalue weighted by Gasteiger charge is 2.16. The Kier molecular flexibility index (Phi) is 26.6. The van der Waals surface area contributed by atoms with E-state index in [1.165, 1.54) is 89.9 Å². The highest BCUT2D eigenvalue weighted by molar-refractivity contribution is 7.40. The van der Waals surface area contributed by atoms with Crippen molar-refractivity contribution in [1.29, 1.82) is 0 Å². The Labute approximate surface area is 218 Å². The molecule has 0 saturated heterocycles. The first-order valence-corrected chi connectivity index (χ1v) is 15.6. The van der Waals surface area contributed by atoms with Gasteiger partial charge in [-0.25, -0.2) is 0 Å². The van der Waals surface area contributed by atoms with Crippen LogP contribution in [0.15, 0.2) is 0 Å². The van der Waals surface area contributed by atoms with Gasteiger partial charge in [-0.1, -0.05) is 104 Å². The molecule has 0 bridgehead atoms. The van der Waals surface area contributed by atoms with Crippen LogP contribution in [0.5, 0.6) is 0 Å². The molecule has 35 heavy (non-hydrogen) atoms. The molecule has 0 aliphatic heterocycles. The Balaban J connectivity index is 3.65. The number of carbonyl (C=O) groups excluding carboxylic acids is 1. The summed E-state index contributed by atoms with van der Waals surface area (Å²) < 4.78 is 15.9. The molecule has 0 radical (unpaired) electrons. The van der Waals surface area contributed by atoms with Crippen LogP contribution in [-0.2, 0) is 18.6 Å². The third-order valence-electron chi connectivity index (χ3n) is 6.60. The number of hydrogen-bond donors (Lipinski definition) is 1. The quantitative estimate of drug-likeness (QED) is 0.0641. The van der Waals surface area contributed by atoms with Crippen LogP contribution in [0.1, 0.15) is 129 Å². The van der Waals surface area contributed by atoms with Crippen LogP contribution in [-0.4, -0.2) is 56.2 Å². The van der Waals surface area contributed by atoms with Crippen molar-refractivity contribution in [2.75, 3.05) is 33.9 Å². The molecule has 0 spiro atoms. The van der Waals surface area contributed by atoms with Crippen LogP contribution < -0.4 is 0 Å². The van der Waals surface area contributed by atoms with E-state index in [0.717, 1.165) is 32.2 Å². The van der Waals surface area contributed by atoms with Crippen LogP contribution in [0.25, 0.3) is 0 Å². The van der Waals surface area contributed by atoms with Crippen LogP contribution in [0.4, 0.5) is 0 Å². The van der Waals surface area contributed by atoms with Gasteiger partial charge in [-0.2, -0.15) is 0 Å². The molecule has 0 rings (SSSR count). The molecule has 3 unspecified atom stereocenters. The average molecular weight is 520 g/mol. The molecule has 0 aliphatic carbocycles. The van der Waals surface area contributed by atoms with Crippen LogP contribution in [0.3, 0.4) is 0 Å². The van der Waals surface area contributed by atoms with Crippen molar-refractivity contribution >= 4 is 15.1 Å². The van der Waals surface area contributed by atoms with Gasteiger partial charge in [0, 0.05) is 0 Å². The van der Waals surface area contributed by atoms with Crippen molar-refractivity contribution in [2.45, 2.75) is 136 Å². The molecule has 3 atom stereocenters. The maximum Gasteiger partial charge on any atom is 0.329 e. The van der Waals surface area contributed by atoms with Crippen molar-refractivity contribution < 1.29 is 23.5 Å². The molecule has 0 aromatic heterocycles. The molecule has 6 nitrogen and oxygen atoms in total. The van der Waals surface area contributed by atoms with Crippen LogP contribution >= 0.6 is 8.60 Å².